The number of thioether (sulfide) groups is 1. The van der Waals surface area contributed by atoms with E-state index in [1.54, 1.807) is 0 Å². The quantitative estimate of drug-likeness (QED) is 0.818. The lowest BCUT2D eigenvalue weighted by molar-refractivity contribution is -0.148. The van der Waals surface area contributed by atoms with Crippen LogP contribution >= 0.6 is 11.8 Å². The number of carbonyl (C=O) groups is 1. The zero-order valence-corrected chi connectivity index (χ0v) is 14.0. The van der Waals surface area contributed by atoms with Crippen molar-refractivity contribution in [3.05, 3.63) is 35.4 Å². The third-order valence-electron chi connectivity index (χ3n) is 4.13. The van der Waals surface area contributed by atoms with Crippen molar-refractivity contribution >= 4 is 17.7 Å². The number of benzene rings is 1. The van der Waals surface area contributed by atoms with E-state index in [2.05, 4.69) is 36.5 Å². The second-order valence-electron chi connectivity index (χ2n) is 5.77. The van der Waals surface area contributed by atoms with Gasteiger partial charge in [-0.05, 0) is 38.3 Å². The molecular formula is C17H25NO2S. The molecule has 0 aromatic heterocycles. The molecule has 2 atom stereocenters. The summed E-state index contributed by atoms with van der Waals surface area (Å²) in [6.45, 7) is 4.96. The number of aryl methyl sites for hydroxylation is 1. The zero-order valence-electron chi connectivity index (χ0n) is 13.1. The molecule has 1 fully saturated rings. The molecule has 0 amide bonds. The number of rotatable bonds is 6. The van der Waals surface area contributed by atoms with Gasteiger partial charge in [-0.25, -0.2) is 0 Å². The molecule has 1 saturated carbocycles. The maximum atomic E-state index is 12.1. The van der Waals surface area contributed by atoms with Gasteiger partial charge in [0.15, 0.2) is 0 Å². The van der Waals surface area contributed by atoms with Crippen molar-refractivity contribution < 1.29 is 9.53 Å². The monoisotopic (exact) mass is 307 g/mol. The molecule has 0 spiro atoms. The van der Waals surface area contributed by atoms with Crippen LogP contribution in [0.3, 0.4) is 0 Å². The van der Waals surface area contributed by atoms with Crippen LogP contribution in [0.1, 0.15) is 37.3 Å². The minimum absolute atomic E-state index is 0.108. The first-order chi connectivity index (χ1) is 10.1. The van der Waals surface area contributed by atoms with Gasteiger partial charge >= 0.3 is 5.97 Å². The highest BCUT2D eigenvalue weighted by Gasteiger charge is 2.45. The number of methoxy groups -OCH3 is 1. The Labute approximate surface area is 131 Å². The van der Waals surface area contributed by atoms with E-state index in [-0.39, 0.29) is 5.97 Å². The predicted octanol–water partition coefficient (Wildman–Crippen LogP) is 3.30. The fourth-order valence-corrected chi connectivity index (χ4v) is 4.40. The summed E-state index contributed by atoms with van der Waals surface area (Å²) in [5.74, 6) is 0.901. The molecule has 0 saturated heterocycles. The first-order valence-corrected chi connectivity index (χ1v) is 8.65. The number of hydrogen-bond acceptors (Lipinski definition) is 4. The Hall–Kier alpha value is -1.00. The number of carbonyl (C=O) groups excluding carboxylic acids is 1. The summed E-state index contributed by atoms with van der Waals surface area (Å²) in [7, 11) is 1.48. The van der Waals surface area contributed by atoms with Crippen molar-refractivity contribution in [2.24, 2.45) is 0 Å². The Balaban J connectivity index is 1.93. The predicted molar refractivity (Wildman–Crippen MR) is 88.5 cm³/mol. The van der Waals surface area contributed by atoms with Crippen LogP contribution in [0.2, 0.25) is 0 Å². The molecule has 0 aliphatic heterocycles. The Bertz CT molecular complexity index is 491. The summed E-state index contributed by atoms with van der Waals surface area (Å²) in [5, 5.41) is 3.88. The van der Waals surface area contributed by atoms with Crippen molar-refractivity contribution in [3.8, 4) is 0 Å². The summed E-state index contributed by atoms with van der Waals surface area (Å²) in [4.78, 5) is 12.1. The normalized spacial score (nSPS) is 25.0. The minimum atomic E-state index is -0.465. The van der Waals surface area contributed by atoms with E-state index in [0.717, 1.165) is 31.6 Å². The fourth-order valence-electron chi connectivity index (χ4n) is 3.11. The van der Waals surface area contributed by atoms with Gasteiger partial charge in [0.2, 0.25) is 0 Å². The van der Waals surface area contributed by atoms with Gasteiger partial charge in [-0.2, -0.15) is 11.8 Å². The van der Waals surface area contributed by atoms with Crippen LogP contribution < -0.4 is 5.32 Å². The number of hydrogen-bond donors (Lipinski definition) is 1. The Morgan fingerprint density at radius 3 is 3.00 bits per heavy atom. The number of nitrogens with one attached hydrogen (secondary N) is 1. The molecule has 0 radical (unpaired) electrons. The first kappa shape index (κ1) is 16.4. The summed E-state index contributed by atoms with van der Waals surface area (Å²) < 4.78 is 5.01. The summed E-state index contributed by atoms with van der Waals surface area (Å²) in [6, 6.07) is 8.64. The largest absolute Gasteiger partial charge is 0.468 e. The van der Waals surface area contributed by atoms with Crippen LogP contribution in [0.4, 0.5) is 0 Å². The van der Waals surface area contributed by atoms with E-state index in [1.165, 1.54) is 18.2 Å². The van der Waals surface area contributed by atoms with Gasteiger partial charge in [-0.1, -0.05) is 36.8 Å². The van der Waals surface area contributed by atoms with Gasteiger partial charge < -0.3 is 10.1 Å². The molecule has 1 aromatic carbocycles. The zero-order chi connectivity index (χ0) is 15.3. The third-order valence-corrected chi connectivity index (χ3v) is 5.50. The van der Waals surface area contributed by atoms with Crippen molar-refractivity contribution in [3.63, 3.8) is 0 Å². The topological polar surface area (TPSA) is 38.3 Å². The highest BCUT2D eigenvalue weighted by molar-refractivity contribution is 7.99. The van der Waals surface area contributed by atoms with E-state index >= 15 is 0 Å². The van der Waals surface area contributed by atoms with E-state index in [9.17, 15) is 4.79 Å². The maximum absolute atomic E-state index is 12.1. The van der Waals surface area contributed by atoms with Gasteiger partial charge in [0.1, 0.15) is 5.54 Å². The Morgan fingerprint density at radius 2 is 2.33 bits per heavy atom. The molecule has 2 unspecified atom stereocenters. The molecule has 1 aliphatic rings. The number of esters is 1. The van der Waals surface area contributed by atoms with Crippen molar-refractivity contribution in [2.75, 3.05) is 13.7 Å². The molecule has 1 N–H and O–H groups in total. The minimum Gasteiger partial charge on any atom is -0.468 e. The SMILES string of the molecule is CCNC1(C(=O)OC)CCC(SCc2cccc(C)c2)C1. The molecule has 116 valence electrons. The van der Waals surface area contributed by atoms with Gasteiger partial charge in [0.05, 0.1) is 7.11 Å². The van der Waals surface area contributed by atoms with E-state index in [4.69, 9.17) is 4.74 Å². The standard InChI is InChI=1S/C17H25NO2S/c1-4-18-17(16(19)20-3)9-8-15(11-17)21-12-14-7-5-6-13(2)10-14/h5-7,10,15,18H,4,8-9,11-12H2,1-3H3. The number of ether oxygens (including phenoxy) is 1. The molecule has 0 heterocycles. The Morgan fingerprint density at radius 1 is 1.52 bits per heavy atom. The third kappa shape index (κ3) is 4.01. The lowest BCUT2D eigenvalue weighted by atomic mass is 9.98. The average Bonchev–Trinajstić information content (AvgIpc) is 2.89. The second kappa shape index (κ2) is 7.32. The fraction of sp³-hybridized carbons (Fsp3) is 0.588. The molecule has 21 heavy (non-hydrogen) atoms. The highest BCUT2D eigenvalue weighted by atomic mass is 32.2. The highest BCUT2D eigenvalue weighted by Crippen LogP contribution is 2.39. The molecule has 2 rings (SSSR count). The van der Waals surface area contributed by atoms with Crippen LogP contribution in [0.5, 0.6) is 0 Å². The molecule has 1 aromatic rings. The van der Waals surface area contributed by atoms with E-state index in [0.29, 0.717) is 5.25 Å². The van der Waals surface area contributed by atoms with Crippen LogP contribution in [-0.2, 0) is 15.3 Å². The van der Waals surface area contributed by atoms with Crippen molar-refractivity contribution in [1.29, 1.82) is 0 Å². The van der Waals surface area contributed by atoms with Crippen molar-refractivity contribution in [1.82, 2.24) is 5.32 Å². The maximum Gasteiger partial charge on any atom is 0.326 e. The van der Waals surface area contributed by atoms with Crippen LogP contribution in [0.15, 0.2) is 24.3 Å². The van der Waals surface area contributed by atoms with Crippen LogP contribution in [0.25, 0.3) is 0 Å². The number of likely N-dealkylation sites (N-methyl/N-ethyl adjacent to an activating group) is 1. The first-order valence-electron chi connectivity index (χ1n) is 7.60. The van der Waals surface area contributed by atoms with Gasteiger partial charge in [-0.3, -0.25) is 4.79 Å². The molecule has 1 aliphatic carbocycles. The van der Waals surface area contributed by atoms with Gasteiger partial charge in [0.25, 0.3) is 0 Å². The lowest BCUT2D eigenvalue weighted by Crippen LogP contribution is -2.50. The average molecular weight is 307 g/mol. The van der Waals surface area contributed by atoms with Crippen molar-refractivity contribution in [2.45, 2.75) is 49.7 Å². The van der Waals surface area contributed by atoms with E-state index in [1.807, 2.05) is 18.7 Å². The molecule has 3 nitrogen and oxygen atoms in total. The summed E-state index contributed by atoms with van der Waals surface area (Å²) >= 11 is 1.95. The molecule has 0 bridgehead atoms. The van der Waals surface area contributed by atoms with Gasteiger partial charge in [-0.15, -0.1) is 0 Å². The second-order valence-corrected chi connectivity index (χ2v) is 7.06. The summed E-state index contributed by atoms with van der Waals surface area (Å²) in [5.41, 5.74) is 2.20. The smallest absolute Gasteiger partial charge is 0.326 e. The van der Waals surface area contributed by atoms with Crippen LogP contribution in [-0.4, -0.2) is 30.4 Å². The van der Waals surface area contributed by atoms with Gasteiger partial charge in [0, 0.05) is 11.0 Å². The Kier molecular flexibility index (Phi) is 5.71. The lowest BCUT2D eigenvalue weighted by Gasteiger charge is -2.27. The molecule has 4 heteroatoms. The van der Waals surface area contributed by atoms with Crippen LogP contribution in [0, 0.1) is 6.92 Å². The van der Waals surface area contributed by atoms with E-state index < -0.39 is 5.54 Å². The summed E-state index contributed by atoms with van der Waals surface area (Å²) in [6.07, 6.45) is 2.81. The molecular weight excluding hydrogens is 282 g/mol.